The van der Waals surface area contributed by atoms with Crippen LogP contribution in [0.3, 0.4) is 0 Å². The van der Waals surface area contributed by atoms with Gasteiger partial charge in [0.25, 0.3) is 5.89 Å². The molecule has 1 saturated heterocycles. The highest BCUT2D eigenvalue weighted by Crippen LogP contribution is 2.34. The first-order valence-electron chi connectivity index (χ1n) is 7.23. The van der Waals surface area contributed by atoms with Gasteiger partial charge in [-0.2, -0.15) is 4.98 Å². The first kappa shape index (κ1) is 14.6. The predicted molar refractivity (Wildman–Crippen MR) is 75.6 cm³/mol. The molecule has 22 heavy (non-hydrogen) atoms. The van der Waals surface area contributed by atoms with Crippen LogP contribution in [0.4, 0.5) is 4.39 Å². The average molecular weight is 304 g/mol. The van der Waals surface area contributed by atoms with Crippen molar-refractivity contribution in [3.05, 3.63) is 41.8 Å². The molecule has 1 aliphatic rings. The molecule has 0 N–H and O–H groups in total. The number of nitrogens with zero attached hydrogens (tertiary/aromatic N) is 4. The number of pyridine rings is 1. The fraction of sp³-hybridized carbons (Fsp3) is 0.467. The summed E-state index contributed by atoms with van der Waals surface area (Å²) in [7, 11) is 0. The normalized spacial score (nSPS) is 21.8. The lowest BCUT2D eigenvalue weighted by Gasteiger charge is -2.35. The summed E-state index contributed by atoms with van der Waals surface area (Å²) in [5, 5.41) is 3.64. The largest absolute Gasteiger partial charge is 0.339 e. The minimum Gasteiger partial charge on any atom is -0.339 e. The number of aromatic nitrogens is 3. The summed E-state index contributed by atoms with van der Waals surface area (Å²) in [4.78, 5) is 21.8. The van der Waals surface area contributed by atoms with Crippen molar-refractivity contribution in [2.45, 2.75) is 31.9 Å². The molecule has 1 fully saturated rings. The third kappa shape index (κ3) is 2.98. The molecule has 6 nitrogen and oxygen atoms in total. The zero-order valence-electron chi connectivity index (χ0n) is 12.3. The molecule has 0 aromatic carbocycles. The Morgan fingerprint density at radius 2 is 2.41 bits per heavy atom. The highest BCUT2D eigenvalue weighted by Gasteiger charge is 2.43. The predicted octanol–water partition coefficient (Wildman–Crippen LogP) is 1.80. The topological polar surface area (TPSA) is 72.1 Å². The van der Waals surface area contributed by atoms with Crippen molar-refractivity contribution < 1.29 is 13.7 Å². The number of hydrogen-bond donors (Lipinski definition) is 0. The minimum absolute atomic E-state index is 0.0381. The van der Waals surface area contributed by atoms with Crippen molar-refractivity contribution in [1.29, 1.82) is 0 Å². The molecule has 0 radical (unpaired) electrons. The second kappa shape index (κ2) is 5.82. The van der Waals surface area contributed by atoms with Crippen LogP contribution < -0.4 is 0 Å². The van der Waals surface area contributed by atoms with E-state index in [0.717, 1.165) is 5.56 Å². The van der Waals surface area contributed by atoms with Gasteiger partial charge in [0, 0.05) is 18.9 Å². The molecule has 0 aliphatic carbocycles. The van der Waals surface area contributed by atoms with E-state index in [2.05, 4.69) is 15.1 Å². The van der Waals surface area contributed by atoms with Gasteiger partial charge in [0.2, 0.25) is 11.6 Å². The van der Waals surface area contributed by atoms with Gasteiger partial charge in [0.15, 0.2) is 5.82 Å². The van der Waals surface area contributed by atoms with E-state index >= 15 is 4.39 Å². The van der Waals surface area contributed by atoms with Gasteiger partial charge in [-0.25, -0.2) is 4.39 Å². The molecule has 2 aromatic rings. The summed E-state index contributed by atoms with van der Waals surface area (Å²) in [6, 6.07) is 3.61. The van der Waals surface area contributed by atoms with Gasteiger partial charge < -0.3 is 9.42 Å². The second-order valence-electron chi connectivity index (χ2n) is 5.57. The molecule has 116 valence electrons. The molecule has 2 aromatic heterocycles. The lowest BCUT2D eigenvalue weighted by Crippen LogP contribution is -2.47. The van der Waals surface area contributed by atoms with Crippen molar-refractivity contribution in [3.63, 3.8) is 0 Å². The van der Waals surface area contributed by atoms with Gasteiger partial charge in [0.05, 0.1) is 13.0 Å². The molecule has 1 atom stereocenters. The maximum absolute atomic E-state index is 15.1. The van der Waals surface area contributed by atoms with Gasteiger partial charge >= 0.3 is 0 Å². The summed E-state index contributed by atoms with van der Waals surface area (Å²) in [5.41, 5.74) is -0.944. The molecule has 1 aliphatic heterocycles. The van der Waals surface area contributed by atoms with E-state index < -0.39 is 5.67 Å². The van der Waals surface area contributed by atoms with Crippen LogP contribution in [0.15, 0.2) is 29.0 Å². The Balaban J connectivity index is 1.71. The number of halogens is 1. The molecule has 1 amide bonds. The van der Waals surface area contributed by atoms with Crippen molar-refractivity contribution >= 4 is 5.91 Å². The van der Waals surface area contributed by atoms with E-state index in [-0.39, 0.29) is 31.2 Å². The molecular weight excluding hydrogens is 287 g/mol. The minimum atomic E-state index is -1.76. The monoisotopic (exact) mass is 304 g/mol. The van der Waals surface area contributed by atoms with E-state index in [9.17, 15) is 4.79 Å². The summed E-state index contributed by atoms with van der Waals surface area (Å²) in [5.74, 6) is 0.237. The summed E-state index contributed by atoms with van der Waals surface area (Å²) in [6.07, 6.45) is 4.36. The van der Waals surface area contributed by atoms with Crippen molar-refractivity contribution in [2.75, 3.05) is 13.1 Å². The Morgan fingerprint density at radius 1 is 1.55 bits per heavy atom. The Morgan fingerprint density at radius 3 is 3.09 bits per heavy atom. The maximum atomic E-state index is 15.1. The van der Waals surface area contributed by atoms with Crippen molar-refractivity contribution in [2.24, 2.45) is 0 Å². The van der Waals surface area contributed by atoms with Crippen molar-refractivity contribution in [1.82, 2.24) is 20.0 Å². The number of carbonyl (C=O) groups is 1. The fourth-order valence-corrected chi connectivity index (χ4v) is 2.67. The molecule has 3 rings (SSSR count). The van der Waals surface area contributed by atoms with Crippen molar-refractivity contribution in [3.8, 4) is 0 Å². The van der Waals surface area contributed by atoms with Crippen LogP contribution >= 0.6 is 0 Å². The van der Waals surface area contributed by atoms with Gasteiger partial charge in [-0.05, 0) is 31.4 Å². The smallest absolute Gasteiger partial charge is 0.266 e. The van der Waals surface area contributed by atoms with Crippen LogP contribution in [-0.4, -0.2) is 39.0 Å². The van der Waals surface area contributed by atoms with Crippen LogP contribution in [-0.2, 0) is 16.9 Å². The molecule has 3 heterocycles. The number of piperidine rings is 1. The highest BCUT2D eigenvalue weighted by molar-refractivity contribution is 5.78. The average Bonchev–Trinajstić information content (AvgIpc) is 2.96. The molecule has 7 heteroatoms. The van der Waals surface area contributed by atoms with E-state index in [1.165, 1.54) is 4.90 Å². The summed E-state index contributed by atoms with van der Waals surface area (Å²) in [6.45, 7) is 2.14. The first-order chi connectivity index (χ1) is 10.6. The lowest BCUT2D eigenvalue weighted by molar-refractivity contribution is -0.135. The Hall–Kier alpha value is -2.31. The third-order valence-electron chi connectivity index (χ3n) is 3.78. The molecular formula is C15H17FN4O2. The standard InChI is InChI=1S/C15H17FN4O2/c1-11-18-14(22-19-11)15(16)5-3-7-20(10-15)13(21)8-12-4-2-6-17-9-12/h2,4,6,9H,3,5,7-8,10H2,1H3. The van der Waals surface area contributed by atoms with E-state index in [4.69, 9.17) is 4.52 Å². The quantitative estimate of drug-likeness (QED) is 0.864. The number of likely N-dealkylation sites (tertiary alicyclic amines) is 1. The third-order valence-corrected chi connectivity index (χ3v) is 3.78. The molecule has 1 unspecified atom stereocenters. The van der Waals surface area contributed by atoms with Crippen LogP contribution in [0.2, 0.25) is 0 Å². The fourth-order valence-electron chi connectivity index (χ4n) is 2.67. The summed E-state index contributed by atoms with van der Waals surface area (Å²) < 4.78 is 20.0. The lowest BCUT2D eigenvalue weighted by atomic mass is 9.94. The molecule has 0 spiro atoms. The molecule has 0 bridgehead atoms. The van der Waals surface area contributed by atoms with Crippen LogP contribution in [0.5, 0.6) is 0 Å². The maximum Gasteiger partial charge on any atom is 0.266 e. The van der Waals surface area contributed by atoms with E-state index in [0.29, 0.717) is 18.8 Å². The zero-order chi connectivity index (χ0) is 15.6. The number of alkyl halides is 1. The van der Waals surface area contributed by atoms with E-state index in [1.54, 1.807) is 25.4 Å². The second-order valence-corrected chi connectivity index (χ2v) is 5.57. The van der Waals surface area contributed by atoms with Gasteiger partial charge in [-0.15, -0.1) is 0 Å². The van der Waals surface area contributed by atoms with Crippen LogP contribution in [0, 0.1) is 6.92 Å². The number of aryl methyl sites for hydroxylation is 1. The Kier molecular flexibility index (Phi) is 3.87. The Labute approximate surface area is 127 Å². The molecule has 0 saturated carbocycles. The Bertz CT molecular complexity index is 661. The highest BCUT2D eigenvalue weighted by atomic mass is 19.1. The van der Waals surface area contributed by atoms with Crippen LogP contribution in [0.25, 0.3) is 0 Å². The van der Waals surface area contributed by atoms with Gasteiger partial charge in [0.1, 0.15) is 0 Å². The first-order valence-corrected chi connectivity index (χ1v) is 7.23. The van der Waals surface area contributed by atoms with E-state index in [1.807, 2.05) is 6.07 Å². The van der Waals surface area contributed by atoms with Crippen LogP contribution in [0.1, 0.15) is 30.1 Å². The summed E-state index contributed by atoms with van der Waals surface area (Å²) >= 11 is 0. The van der Waals surface area contributed by atoms with Gasteiger partial charge in [-0.3, -0.25) is 9.78 Å². The number of carbonyl (C=O) groups excluding carboxylic acids is 1. The van der Waals surface area contributed by atoms with Gasteiger partial charge in [-0.1, -0.05) is 11.2 Å². The SMILES string of the molecule is Cc1noc(C2(F)CCCN(C(=O)Cc3cccnc3)C2)n1. The number of amides is 1. The number of hydrogen-bond acceptors (Lipinski definition) is 5. The number of rotatable bonds is 3. The zero-order valence-corrected chi connectivity index (χ0v) is 12.3.